The third kappa shape index (κ3) is 6.61. The fourth-order valence-electron chi connectivity index (χ4n) is 1.63. The van der Waals surface area contributed by atoms with Gasteiger partial charge in [-0.3, -0.25) is 9.59 Å². The lowest BCUT2D eigenvalue weighted by Gasteiger charge is -2.11. The summed E-state index contributed by atoms with van der Waals surface area (Å²) < 4.78 is 0. The van der Waals surface area contributed by atoms with E-state index in [0.717, 1.165) is 16.9 Å². The van der Waals surface area contributed by atoms with Crippen LogP contribution in [0.1, 0.15) is 32.3 Å². The zero-order valence-corrected chi connectivity index (χ0v) is 12.9. The summed E-state index contributed by atoms with van der Waals surface area (Å²) in [5.74, 6) is -0.104. The van der Waals surface area contributed by atoms with Crippen LogP contribution in [0.5, 0.6) is 0 Å². The minimum atomic E-state index is -0.0757. The van der Waals surface area contributed by atoms with Crippen molar-refractivity contribution in [1.82, 2.24) is 10.6 Å². The Morgan fingerprint density at radius 1 is 1.20 bits per heavy atom. The maximum atomic E-state index is 11.7. The van der Waals surface area contributed by atoms with Gasteiger partial charge in [-0.05, 0) is 31.0 Å². The lowest BCUT2D eigenvalue weighted by Crippen LogP contribution is -2.35. The quantitative estimate of drug-likeness (QED) is 0.673. The molecule has 0 aromatic heterocycles. The fourth-order valence-corrected chi connectivity index (χ4v) is 1.78. The van der Waals surface area contributed by atoms with Gasteiger partial charge in [0, 0.05) is 23.9 Å². The van der Waals surface area contributed by atoms with Crippen molar-refractivity contribution >= 4 is 24.4 Å². The SMILES string of the molecule is CCC(C)NC(=O)CCNC(=O)Cc1ccc(S)cc1. The van der Waals surface area contributed by atoms with Crippen LogP contribution in [0.4, 0.5) is 0 Å². The summed E-state index contributed by atoms with van der Waals surface area (Å²) in [6, 6.07) is 7.63. The molecule has 0 radical (unpaired) electrons. The molecule has 0 spiro atoms. The van der Waals surface area contributed by atoms with Crippen molar-refractivity contribution in [3.05, 3.63) is 29.8 Å². The number of thiol groups is 1. The molecule has 0 bridgehead atoms. The van der Waals surface area contributed by atoms with Gasteiger partial charge in [-0.1, -0.05) is 19.1 Å². The van der Waals surface area contributed by atoms with Crippen LogP contribution in [0.2, 0.25) is 0 Å². The molecule has 0 heterocycles. The first-order valence-electron chi connectivity index (χ1n) is 6.85. The zero-order valence-electron chi connectivity index (χ0n) is 12.0. The van der Waals surface area contributed by atoms with Crippen LogP contribution < -0.4 is 10.6 Å². The van der Waals surface area contributed by atoms with Crippen LogP contribution in [0, 0.1) is 0 Å². The first-order chi connectivity index (χ1) is 9.51. The Hall–Kier alpha value is -1.49. The predicted octanol–water partition coefficient (Wildman–Crippen LogP) is 1.94. The van der Waals surface area contributed by atoms with E-state index in [2.05, 4.69) is 23.3 Å². The van der Waals surface area contributed by atoms with E-state index in [1.165, 1.54) is 0 Å². The Balaban J connectivity index is 2.23. The van der Waals surface area contributed by atoms with E-state index >= 15 is 0 Å². The highest BCUT2D eigenvalue weighted by molar-refractivity contribution is 7.80. The van der Waals surface area contributed by atoms with E-state index in [4.69, 9.17) is 0 Å². The van der Waals surface area contributed by atoms with Gasteiger partial charge in [-0.2, -0.15) is 0 Å². The van der Waals surface area contributed by atoms with Gasteiger partial charge in [0.05, 0.1) is 6.42 Å². The van der Waals surface area contributed by atoms with Crippen molar-refractivity contribution in [3.8, 4) is 0 Å². The van der Waals surface area contributed by atoms with Gasteiger partial charge in [0.25, 0.3) is 0 Å². The van der Waals surface area contributed by atoms with Gasteiger partial charge < -0.3 is 10.6 Å². The summed E-state index contributed by atoms with van der Waals surface area (Å²) in [6.45, 7) is 4.34. The second-order valence-electron chi connectivity index (χ2n) is 4.82. The van der Waals surface area contributed by atoms with Crippen molar-refractivity contribution in [2.75, 3.05) is 6.54 Å². The maximum absolute atomic E-state index is 11.7. The second kappa shape index (κ2) is 8.64. The highest BCUT2D eigenvalue weighted by Crippen LogP contribution is 2.08. The Bertz CT molecular complexity index is 446. The fraction of sp³-hybridized carbons (Fsp3) is 0.467. The largest absolute Gasteiger partial charge is 0.355 e. The molecule has 20 heavy (non-hydrogen) atoms. The van der Waals surface area contributed by atoms with Crippen molar-refractivity contribution in [2.45, 2.75) is 44.0 Å². The molecule has 1 aromatic carbocycles. The molecular weight excluding hydrogens is 272 g/mol. The first kappa shape index (κ1) is 16.6. The number of hydrogen-bond acceptors (Lipinski definition) is 3. The van der Waals surface area contributed by atoms with Gasteiger partial charge in [0.2, 0.25) is 11.8 Å². The Morgan fingerprint density at radius 2 is 1.85 bits per heavy atom. The average Bonchev–Trinajstić information content (AvgIpc) is 2.41. The van der Waals surface area contributed by atoms with Crippen LogP contribution in [-0.4, -0.2) is 24.4 Å². The highest BCUT2D eigenvalue weighted by Gasteiger charge is 2.07. The van der Waals surface area contributed by atoms with Crippen LogP contribution in [0.25, 0.3) is 0 Å². The molecule has 4 nitrogen and oxygen atoms in total. The van der Waals surface area contributed by atoms with Crippen molar-refractivity contribution in [2.24, 2.45) is 0 Å². The molecule has 0 aliphatic rings. The van der Waals surface area contributed by atoms with Gasteiger partial charge in [0.15, 0.2) is 0 Å². The molecule has 5 heteroatoms. The van der Waals surface area contributed by atoms with E-state index < -0.39 is 0 Å². The number of rotatable bonds is 7. The minimum absolute atomic E-state index is 0.0286. The molecule has 2 N–H and O–H groups in total. The molecule has 0 aliphatic carbocycles. The number of carbonyl (C=O) groups is 2. The molecule has 1 atom stereocenters. The van der Waals surface area contributed by atoms with Crippen LogP contribution in [0.3, 0.4) is 0 Å². The van der Waals surface area contributed by atoms with E-state index in [9.17, 15) is 9.59 Å². The lowest BCUT2D eigenvalue weighted by atomic mass is 10.1. The molecule has 0 saturated heterocycles. The van der Waals surface area contributed by atoms with Gasteiger partial charge in [0.1, 0.15) is 0 Å². The second-order valence-corrected chi connectivity index (χ2v) is 5.34. The summed E-state index contributed by atoms with van der Waals surface area (Å²) in [5.41, 5.74) is 0.935. The van der Waals surface area contributed by atoms with Crippen molar-refractivity contribution in [1.29, 1.82) is 0 Å². The predicted molar refractivity (Wildman–Crippen MR) is 82.9 cm³/mol. The van der Waals surface area contributed by atoms with Gasteiger partial charge in [-0.15, -0.1) is 12.6 Å². The van der Waals surface area contributed by atoms with Gasteiger partial charge >= 0.3 is 0 Å². The molecule has 2 amide bonds. The molecule has 0 aliphatic heterocycles. The average molecular weight is 294 g/mol. The van der Waals surface area contributed by atoms with Crippen molar-refractivity contribution < 1.29 is 9.59 Å². The monoisotopic (exact) mass is 294 g/mol. The zero-order chi connectivity index (χ0) is 15.0. The topological polar surface area (TPSA) is 58.2 Å². The number of hydrogen-bond donors (Lipinski definition) is 3. The Kier molecular flexibility index (Phi) is 7.15. The number of carbonyl (C=O) groups excluding carboxylic acids is 2. The molecule has 1 rings (SSSR count). The molecule has 0 saturated carbocycles. The van der Waals surface area contributed by atoms with Gasteiger partial charge in [-0.25, -0.2) is 0 Å². The van der Waals surface area contributed by atoms with E-state index in [1.807, 2.05) is 38.1 Å². The Labute approximate surface area is 125 Å². The molecule has 1 unspecified atom stereocenters. The van der Waals surface area contributed by atoms with Crippen molar-refractivity contribution in [3.63, 3.8) is 0 Å². The highest BCUT2D eigenvalue weighted by atomic mass is 32.1. The van der Waals surface area contributed by atoms with E-state index in [-0.39, 0.29) is 17.9 Å². The summed E-state index contributed by atoms with van der Waals surface area (Å²) in [7, 11) is 0. The normalized spacial score (nSPS) is 11.8. The standard InChI is InChI=1S/C15H22N2O2S/c1-3-11(2)17-14(18)8-9-16-15(19)10-12-4-6-13(20)7-5-12/h4-7,11,20H,3,8-10H2,1-2H3,(H,16,19)(H,17,18). The lowest BCUT2D eigenvalue weighted by molar-refractivity contribution is -0.122. The summed E-state index contributed by atoms with van der Waals surface area (Å²) in [5, 5.41) is 5.61. The molecular formula is C15H22N2O2S. The van der Waals surface area contributed by atoms with Crippen LogP contribution >= 0.6 is 12.6 Å². The smallest absolute Gasteiger partial charge is 0.224 e. The maximum Gasteiger partial charge on any atom is 0.224 e. The number of nitrogens with one attached hydrogen (secondary N) is 2. The Morgan fingerprint density at radius 3 is 2.45 bits per heavy atom. The minimum Gasteiger partial charge on any atom is -0.355 e. The van der Waals surface area contributed by atoms with E-state index in [1.54, 1.807) is 0 Å². The summed E-state index contributed by atoms with van der Waals surface area (Å²) in [4.78, 5) is 24.1. The van der Waals surface area contributed by atoms with E-state index in [0.29, 0.717) is 19.4 Å². The third-order valence-corrected chi connectivity index (χ3v) is 3.29. The van der Waals surface area contributed by atoms with Crippen LogP contribution in [0.15, 0.2) is 29.2 Å². The molecule has 0 fully saturated rings. The summed E-state index contributed by atoms with van der Waals surface area (Å²) >= 11 is 4.19. The first-order valence-corrected chi connectivity index (χ1v) is 7.30. The number of amides is 2. The molecule has 1 aromatic rings. The third-order valence-electron chi connectivity index (χ3n) is 3.00. The summed E-state index contributed by atoms with van der Waals surface area (Å²) in [6.07, 6.45) is 1.53. The van der Waals surface area contributed by atoms with Crippen LogP contribution in [-0.2, 0) is 16.0 Å². The molecule has 110 valence electrons. The number of benzene rings is 1.